The lowest BCUT2D eigenvalue weighted by molar-refractivity contribution is 0.0739. The molecule has 1 fully saturated rings. The second-order valence-electron chi connectivity index (χ2n) is 6.22. The van der Waals surface area contributed by atoms with Gasteiger partial charge in [-0.05, 0) is 43.5 Å². The van der Waals surface area contributed by atoms with Gasteiger partial charge in [-0.25, -0.2) is 15.0 Å². The van der Waals surface area contributed by atoms with Crippen LogP contribution in [-0.2, 0) is 0 Å². The number of benzene rings is 1. The summed E-state index contributed by atoms with van der Waals surface area (Å²) >= 11 is 4.90. The Bertz CT molecular complexity index is 944. The van der Waals surface area contributed by atoms with E-state index >= 15 is 0 Å². The molecule has 3 aromatic rings. The number of rotatable bonds is 3. The Morgan fingerprint density at radius 3 is 2.85 bits per heavy atom. The van der Waals surface area contributed by atoms with E-state index in [4.69, 9.17) is 0 Å². The van der Waals surface area contributed by atoms with Crippen LogP contribution in [0.3, 0.4) is 0 Å². The molecule has 0 spiro atoms. The SMILES string of the molecule is Cc1nc(-c2ncccn2)sc1C(=O)N1CCCC1c1cccc(Br)c1. The number of carbonyl (C=O) groups excluding carboxylic acids is 1. The first-order chi connectivity index (χ1) is 12.6. The van der Waals surface area contributed by atoms with Crippen LogP contribution in [0.2, 0.25) is 0 Å². The number of hydrogen-bond acceptors (Lipinski definition) is 5. The Labute approximate surface area is 164 Å². The fourth-order valence-electron chi connectivity index (χ4n) is 3.30. The van der Waals surface area contributed by atoms with Crippen LogP contribution < -0.4 is 0 Å². The first-order valence-corrected chi connectivity index (χ1v) is 10.1. The van der Waals surface area contributed by atoms with Crippen LogP contribution in [0.1, 0.15) is 39.8 Å². The molecule has 132 valence electrons. The van der Waals surface area contributed by atoms with Crippen molar-refractivity contribution in [3.63, 3.8) is 0 Å². The van der Waals surface area contributed by atoms with Gasteiger partial charge in [0.05, 0.1) is 11.7 Å². The van der Waals surface area contributed by atoms with Gasteiger partial charge in [0.15, 0.2) is 10.8 Å². The van der Waals surface area contributed by atoms with Gasteiger partial charge in [0, 0.05) is 23.4 Å². The molecule has 2 aromatic heterocycles. The highest BCUT2D eigenvalue weighted by atomic mass is 79.9. The Morgan fingerprint density at radius 1 is 1.27 bits per heavy atom. The van der Waals surface area contributed by atoms with E-state index in [0.29, 0.717) is 15.7 Å². The molecule has 5 nitrogen and oxygen atoms in total. The molecule has 0 aliphatic carbocycles. The van der Waals surface area contributed by atoms with Gasteiger partial charge in [-0.2, -0.15) is 0 Å². The molecule has 0 saturated carbocycles. The summed E-state index contributed by atoms with van der Waals surface area (Å²) in [5, 5.41) is 0.685. The highest BCUT2D eigenvalue weighted by Crippen LogP contribution is 2.36. The van der Waals surface area contributed by atoms with Crippen molar-refractivity contribution in [2.45, 2.75) is 25.8 Å². The van der Waals surface area contributed by atoms with E-state index in [1.165, 1.54) is 16.9 Å². The van der Waals surface area contributed by atoms with Crippen LogP contribution in [-0.4, -0.2) is 32.3 Å². The molecule has 4 rings (SSSR count). The molecule has 0 N–H and O–H groups in total. The number of nitrogens with zero attached hydrogens (tertiary/aromatic N) is 4. The van der Waals surface area contributed by atoms with E-state index in [9.17, 15) is 4.79 Å². The molecule has 0 bridgehead atoms. The summed E-state index contributed by atoms with van der Waals surface area (Å²) in [5.74, 6) is 0.606. The van der Waals surface area contributed by atoms with Crippen LogP contribution in [0.15, 0.2) is 47.2 Å². The predicted octanol–water partition coefficient (Wildman–Crippen LogP) is 4.65. The molecule has 3 heterocycles. The van der Waals surface area contributed by atoms with Crippen molar-refractivity contribution in [1.29, 1.82) is 0 Å². The lowest BCUT2D eigenvalue weighted by Gasteiger charge is -2.25. The first kappa shape index (κ1) is 17.3. The highest BCUT2D eigenvalue weighted by molar-refractivity contribution is 9.10. The highest BCUT2D eigenvalue weighted by Gasteiger charge is 2.32. The van der Waals surface area contributed by atoms with Crippen LogP contribution >= 0.6 is 27.3 Å². The zero-order chi connectivity index (χ0) is 18.1. The summed E-state index contributed by atoms with van der Waals surface area (Å²) in [4.78, 5) is 28.9. The van der Waals surface area contributed by atoms with Gasteiger partial charge in [-0.15, -0.1) is 11.3 Å². The zero-order valence-electron chi connectivity index (χ0n) is 14.2. The van der Waals surface area contributed by atoms with Gasteiger partial charge < -0.3 is 4.90 Å². The Kier molecular flexibility index (Phi) is 4.82. The van der Waals surface area contributed by atoms with E-state index in [1.54, 1.807) is 18.5 Å². The summed E-state index contributed by atoms with van der Waals surface area (Å²) in [6, 6.07) is 10.1. The monoisotopic (exact) mass is 428 g/mol. The second kappa shape index (κ2) is 7.25. The van der Waals surface area contributed by atoms with Crippen molar-refractivity contribution in [2.24, 2.45) is 0 Å². The number of thiazole rings is 1. The van der Waals surface area contributed by atoms with Crippen LogP contribution in [0.4, 0.5) is 0 Å². The normalized spacial score (nSPS) is 16.8. The van der Waals surface area contributed by atoms with E-state index in [2.05, 4.69) is 43.0 Å². The van der Waals surface area contributed by atoms with Crippen molar-refractivity contribution in [3.05, 3.63) is 63.3 Å². The largest absolute Gasteiger partial charge is 0.331 e. The molecular weight excluding hydrogens is 412 g/mol. The lowest BCUT2D eigenvalue weighted by Crippen LogP contribution is -2.30. The van der Waals surface area contributed by atoms with Crippen molar-refractivity contribution < 1.29 is 4.79 Å². The fraction of sp³-hybridized carbons (Fsp3) is 0.263. The molecule has 1 aliphatic heterocycles. The smallest absolute Gasteiger partial charge is 0.266 e. The van der Waals surface area contributed by atoms with Crippen molar-refractivity contribution in [1.82, 2.24) is 19.9 Å². The topological polar surface area (TPSA) is 59.0 Å². The van der Waals surface area contributed by atoms with Gasteiger partial charge in [-0.1, -0.05) is 28.1 Å². The summed E-state index contributed by atoms with van der Waals surface area (Å²) in [7, 11) is 0. The Morgan fingerprint density at radius 2 is 2.08 bits per heavy atom. The van der Waals surface area contributed by atoms with Gasteiger partial charge in [0.2, 0.25) is 0 Å². The fourth-order valence-corrected chi connectivity index (χ4v) is 4.69. The third kappa shape index (κ3) is 3.29. The molecule has 1 amide bonds. The van der Waals surface area contributed by atoms with Crippen molar-refractivity contribution in [2.75, 3.05) is 6.54 Å². The minimum absolute atomic E-state index is 0.0460. The molecule has 7 heteroatoms. The number of aryl methyl sites for hydroxylation is 1. The van der Waals surface area contributed by atoms with Crippen molar-refractivity contribution >= 4 is 33.2 Å². The molecule has 26 heavy (non-hydrogen) atoms. The maximum absolute atomic E-state index is 13.2. The third-order valence-corrected chi connectivity index (χ3v) is 6.13. The minimum Gasteiger partial charge on any atom is -0.331 e. The van der Waals surface area contributed by atoms with E-state index in [0.717, 1.165) is 29.6 Å². The molecule has 1 atom stereocenters. The Balaban J connectivity index is 1.64. The first-order valence-electron chi connectivity index (χ1n) is 8.45. The standard InChI is InChI=1S/C19H17BrN4OS/c1-12-16(26-18(23-12)17-21-8-4-9-22-17)19(25)24-10-3-7-15(24)13-5-2-6-14(20)11-13/h2,4-6,8-9,11,15H,3,7,10H2,1H3. The maximum atomic E-state index is 13.2. The predicted molar refractivity (Wildman–Crippen MR) is 105 cm³/mol. The number of carbonyl (C=O) groups is 1. The average Bonchev–Trinajstić information content (AvgIpc) is 3.29. The number of amides is 1. The van der Waals surface area contributed by atoms with Crippen LogP contribution in [0.5, 0.6) is 0 Å². The molecule has 1 saturated heterocycles. The molecule has 1 unspecified atom stereocenters. The van der Waals surface area contributed by atoms with Crippen LogP contribution in [0.25, 0.3) is 10.8 Å². The number of halogens is 1. The molecule has 1 aliphatic rings. The number of likely N-dealkylation sites (tertiary alicyclic amines) is 1. The van der Waals surface area contributed by atoms with E-state index < -0.39 is 0 Å². The summed E-state index contributed by atoms with van der Waals surface area (Å²) in [5.41, 5.74) is 1.90. The lowest BCUT2D eigenvalue weighted by atomic mass is 10.0. The zero-order valence-corrected chi connectivity index (χ0v) is 16.6. The summed E-state index contributed by atoms with van der Waals surface area (Å²) in [6.45, 7) is 2.64. The second-order valence-corrected chi connectivity index (χ2v) is 8.13. The van der Waals surface area contributed by atoms with E-state index in [-0.39, 0.29) is 11.9 Å². The molecule has 1 aromatic carbocycles. The molecular formula is C19H17BrN4OS. The van der Waals surface area contributed by atoms with Gasteiger partial charge in [0.1, 0.15) is 4.88 Å². The summed E-state index contributed by atoms with van der Waals surface area (Å²) < 4.78 is 1.03. The van der Waals surface area contributed by atoms with Crippen molar-refractivity contribution in [3.8, 4) is 10.8 Å². The minimum atomic E-state index is 0.0460. The Hall–Kier alpha value is -2.12. The maximum Gasteiger partial charge on any atom is 0.266 e. The average molecular weight is 429 g/mol. The van der Waals surface area contributed by atoms with Gasteiger partial charge in [0.25, 0.3) is 5.91 Å². The van der Waals surface area contributed by atoms with Crippen LogP contribution in [0, 0.1) is 6.92 Å². The molecule has 0 radical (unpaired) electrons. The number of aromatic nitrogens is 3. The number of hydrogen-bond donors (Lipinski definition) is 0. The third-order valence-electron chi connectivity index (χ3n) is 4.50. The van der Waals surface area contributed by atoms with E-state index in [1.807, 2.05) is 24.0 Å². The van der Waals surface area contributed by atoms with Gasteiger partial charge in [-0.3, -0.25) is 4.79 Å². The quantitative estimate of drug-likeness (QED) is 0.608. The van der Waals surface area contributed by atoms with Gasteiger partial charge >= 0.3 is 0 Å². The summed E-state index contributed by atoms with van der Waals surface area (Å²) in [6.07, 6.45) is 5.36.